The van der Waals surface area contributed by atoms with Crippen molar-refractivity contribution >= 4 is 12.3 Å². The highest BCUT2D eigenvalue weighted by Crippen LogP contribution is 2.82. The molecule has 93 heavy (non-hydrogen) atoms. The van der Waals surface area contributed by atoms with Gasteiger partial charge in [0.25, 0.3) is 0 Å². The maximum Gasteiger partial charge on any atom is 0.331 e. The number of carbonyl (C=O) groups is 2. The fourth-order valence-corrected chi connectivity index (χ4v) is 27.9. The second kappa shape index (κ2) is 22.0. The lowest BCUT2D eigenvalue weighted by Crippen LogP contribution is -2.83. The van der Waals surface area contributed by atoms with Crippen LogP contribution in [-0.4, -0.2) is 80.9 Å². The third-order valence-corrected chi connectivity index (χ3v) is 31.2. The summed E-state index contributed by atoms with van der Waals surface area (Å²) in [6.45, 7) is 2.42. The van der Waals surface area contributed by atoms with Crippen LogP contribution in [-0.2, 0) is 51.4 Å². The summed E-state index contributed by atoms with van der Waals surface area (Å²) in [6.07, 6.45) is 23.0. The molecule has 0 radical (unpaired) electrons. The smallest absolute Gasteiger partial charge is 0.331 e. The standard InChI is InChI=1S/C84H101NO8/c1-50-58-20-19-54(34-58)33-52-13-9-14-53(32-52)35-66-40-64-38-62-36-60(56-15-7-4-8-16-56)22-23-70(62)81(64)48-80(49-87)73-27-30-79-47-78(28-25-55(43-78)31-51-11-5-3-6-12-51)29-26-57-17-10-18-61(46-86)67(57)41-72(85-2)68-39-63(75(79)69-42-74(88)93-76(68)69)44-83(79,90)82(73,89)45-65-37-59(50)21-24-71(77(81)92-66)84(65,80)91/h3-18,32,42,49-50,54-55,58-60,62-66,68,70-73,75-77,85-86,89-91H,19-25,27-28,30-31,33-41,43-48H2,1-2H3. The van der Waals surface area contributed by atoms with Crippen molar-refractivity contribution < 1.29 is 39.5 Å². The van der Waals surface area contributed by atoms with Gasteiger partial charge >= 0.3 is 5.97 Å². The van der Waals surface area contributed by atoms with Gasteiger partial charge in [-0.15, -0.1) is 0 Å². The molecule has 9 heteroatoms. The number of aliphatic hydroxyl groups is 4. The highest BCUT2D eigenvalue weighted by atomic mass is 16.5. The SMILES string of the molecule is CNC1Cc2c(cccc2CO)C#CC2(CCC(Cc3ccccc3)C2)CC23CCC4C(O)(CC5CC6CCC7C8OC(Cc9cccc(c9)CC9CCC(C9)C6C)CC6CC9CC(c%10ccccc%10)CCC9C68CC4(C=O)C57O)C2(O)CC2CC1C1OC(=O)C=C1C23. The Morgan fingerprint density at radius 1 is 0.710 bits per heavy atom. The number of aliphatic hydroxyl groups excluding tert-OH is 1. The van der Waals surface area contributed by atoms with E-state index in [9.17, 15) is 9.90 Å². The quantitative estimate of drug-likeness (QED) is 0.0724. The Kier molecular flexibility index (Phi) is 14.3. The number of nitrogens with one attached hydrogen (secondary N) is 1. The molecule has 4 aromatic rings. The number of carbonyl (C=O) groups excluding carboxylic acids is 2. The molecule has 5 N–H and O–H groups in total. The number of rotatable bonds is 6. The summed E-state index contributed by atoms with van der Waals surface area (Å²) in [5.74, 6) is 9.24. The zero-order valence-electron chi connectivity index (χ0n) is 55.2. The number of ether oxygens (including phenoxy) is 2. The zero-order chi connectivity index (χ0) is 63.0. The lowest BCUT2D eigenvalue weighted by molar-refractivity contribution is -0.371. The van der Waals surface area contributed by atoms with E-state index in [1.54, 1.807) is 0 Å². The average Bonchev–Trinajstić information content (AvgIpc) is 1.62. The number of aldehydes is 1. The molecule has 12 aliphatic carbocycles. The highest BCUT2D eigenvalue weighted by Gasteiger charge is 2.86. The molecule has 3 spiro atoms. The first-order valence-corrected chi connectivity index (χ1v) is 37.4. The summed E-state index contributed by atoms with van der Waals surface area (Å²) >= 11 is 0. The Labute approximate surface area is 552 Å². The van der Waals surface area contributed by atoms with Gasteiger partial charge in [0, 0.05) is 51.7 Å². The third-order valence-electron chi connectivity index (χ3n) is 31.2. The lowest BCUT2D eigenvalue weighted by Gasteiger charge is -2.75. The van der Waals surface area contributed by atoms with Crippen molar-refractivity contribution in [2.75, 3.05) is 7.05 Å². The monoisotopic (exact) mass is 1250 g/mol. The molecule has 9 nitrogen and oxygen atoms in total. The van der Waals surface area contributed by atoms with Gasteiger partial charge in [0.2, 0.25) is 0 Å². The third kappa shape index (κ3) is 8.71. The molecule has 0 aromatic heterocycles. The van der Waals surface area contributed by atoms with Crippen molar-refractivity contribution in [1.82, 2.24) is 5.32 Å². The van der Waals surface area contributed by atoms with Crippen molar-refractivity contribution in [1.29, 1.82) is 0 Å². The maximum atomic E-state index is 16.2. The van der Waals surface area contributed by atoms with Gasteiger partial charge in [-0.25, -0.2) is 4.79 Å². The number of benzene rings is 4. The average molecular weight is 1250 g/mol. The molecule has 12 bridgehead atoms. The Hall–Kier alpha value is -4.92. The number of hydrogen-bond acceptors (Lipinski definition) is 9. The minimum absolute atomic E-state index is 0.0147. The molecule has 10 saturated carbocycles. The van der Waals surface area contributed by atoms with Crippen molar-refractivity contribution in [3.8, 4) is 11.8 Å². The molecule has 3 heterocycles. The summed E-state index contributed by atoms with van der Waals surface area (Å²) < 4.78 is 14.8. The van der Waals surface area contributed by atoms with E-state index in [1.807, 2.05) is 25.3 Å². The second-order valence-corrected chi connectivity index (χ2v) is 34.6. The molecular formula is C84H101NO8. The topological polar surface area (TPSA) is 146 Å². The van der Waals surface area contributed by atoms with Crippen LogP contribution in [0, 0.1) is 116 Å². The highest BCUT2D eigenvalue weighted by molar-refractivity contribution is 5.86. The molecule has 490 valence electrons. The van der Waals surface area contributed by atoms with Gasteiger partial charge in [0.1, 0.15) is 18.0 Å². The van der Waals surface area contributed by atoms with Crippen LogP contribution in [0.25, 0.3) is 0 Å². The van der Waals surface area contributed by atoms with E-state index in [2.05, 4.69) is 115 Å². The van der Waals surface area contributed by atoms with E-state index in [0.29, 0.717) is 92.8 Å². The lowest BCUT2D eigenvalue weighted by atomic mass is 9.32. The van der Waals surface area contributed by atoms with E-state index in [4.69, 9.17) is 9.47 Å². The summed E-state index contributed by atoms with van der Waals surface area (Å²) in [6, 6.07) is 37.6. The van der Waals surface area contributed by atoms with Crippen LogP contribution < -0.4 is 5.32 Å². The Morgan fingerprint density at radius 3 is 2.30 bits per heavy atom. The van der Waals surface area contributed by atoms with Crippen molar-refractivity contribution in [2.45, 2.75) is 221 Å². The number of esters is 1. The first kappa shape index (κ1) is 60.5. The molecule has 26 unspecified atom stereocenters. The second-order valence-electron chi connectivity index (χ2n) is 34.6. The Morgan fingerprint density at radius 2 is 1.48 bits per heavy atom. The van der Waals surface area contributed by atoms with Crippen LogP contribution >= 0.6 is 0 Å². The van der Waals surface area contributed by atoms with Gasteiger partial charge in [-0.3, -0.25) is 0 Å². The van der Waals surface area contributed by atoms with Crippen LogP contribution in [0.4, 0.5) is 0 Å². The number of fused-ring (bicyclic) bond motifs is 12. The first-order chi connectivity index (χ1) is 45.1. The molecule has 4 aromatic carbocycles. The fourth-order valence-electron chi connectivity index (χ4n) is 27.9. The van der Waals surface area contributed by atoms with Crippen molar-refractivity contribution in [3.05, 3.63) is 154 Å². The molecule has 1 saturated heterocycles. The van der Waals surface area contributed by atoms with Crippen LogP contribution in [0.5, 0.6) is 0 Å². The first-order valence-electron chi connectivity index (χ1n) is 37.4. The zero-order valence-corrected chi connectivity index (χ0v) is 55.2. The minimum atomic E-state index is -1.78. The maximum absolute atomic E-state index is 16.2. The molecule has 15 aliphatic rings. The van der Waals surface area contributed by atoms with Crippen LogP contribution in [0.2, 0.25) is 0 Å². The van der Waals surface area contributed by atoms with E-state index in [0.717, 1.165) is 106 Å². The van der Waals surface area contributed by atoms with Gasteiger partial charge in [0.05, 0.1) is 35.4 Å². The predicted octanol–water partition coefficient (Wildman–Crippen LogP) is 13.4. The molecule has 11 fully saturated rings. The number of likely N-dealkylation sites (N-methyl/N-ethyl adjacent to an activating group) is 1. The molecule has 26 atom stereocenters. The molecule has 0 amide bonds. The molecule has 3 aliphatic heterocycles. The minimum Gasteiger partial charge on any atom is -0.454 e. The fraction of sp³-hybridized carbons (Fsp3) is 0.643. The normalized spacial score (nSPS) is 47.8. The Bertz CT molecular complexity index is 3690. The summed E-state index contributed by atoms with van der Waals surface area (Å²) in [5, 5.41) is 61.8. The van der Waals surface area contributed by atoms with Gasteiger partial charge < -0.3 is 40.0 Å². The van der Waals surface area contributed by atoms with Crippen LogP contribution in [0.1, 0.15) is 187 Å². The van der Waals surface area contributed by atoms with Crippen LogP contribution in [0.3, 0.4) is 0 Å². The van der Waals surface area contributed by atoms with E-state index >= 15 is 20.1 Å². The van der Waals surface area contributed by atoms with Gasteiger partial charge in [0.15, 0.2) is 0 Å². The van der Waals surface area contributed by atoms with Gasteiger partial charge in [-0.2, -0.15) is 0 Å². The van der Waals surface area contributed by atoms with Gasteiger partial charge in [-0.1, -0.05) is 116 Å². The molecular weight excluding hydrogens is 1150 g/mol. The predicted molar refractivity (Wildman–Crippen MR) is 358 cm³/mol. The van der Waals surface area contributed by atoms with E-state index < -0.39 is 56.4 Å². The van der Waals surface area contributed by atoms with Crippen molar-refractivity contribution in [3.63, 3.8) is 0 Å². The van der Waals surface area contributed by atoms with Crippen molar-refractivity contribution in [2.24, 2.45) is 105 Å². The summed E-state index contributed by atoms with van der Waals surface area (Å²) in [7, 11) is 2.01. The Balaban J connectivity index is 0.829. The van der Waals surface area contributed by atoms with Gasteiger partial charge in [-0.05, 0) is 284 Å². The summed E-state index contributed by atoms with van der Waals surface area (Å²) in [4.78, 5) is 30.7. The number of hydrogen-bond donors (Lipinski definition) is 5. The van der Waals surface area contributed by atoms with E-state index in [1.165, 1.54) is 47.8 Å². The van der Waals surface area contributed by atoms with Crippen LogP contribution in [0.15, 0.2) is 115 Å². The summed E-state index contributed by atoms with van der Waals surface area (Å²) in [5.41, 5.74) is 0.997. The largest absolute Gasteiger partial charge is 0.454 e. The van der Waals surface area contributed by atoms with E-state index in [-0.39, 0.29) is 72.8 Å². The molecule has 19 rings (SSSR count).